The summed E-state index contributed by atoms with van der Waals surface area (Å²) in [5.41, 5.74) is -1.07. The van der Waals surface area contributed by atoms with Crippen LogP contribution in [0.5, 0.6) is 0 Å². The van der Waals surface area contributed by atoms with Crippen molar-refractivity contribution < 1.29 is 9.53 Å². The Morgan fingerprint density at radius 1 is 1.63 bits per heavy atom. The van der Waals surface area contributed by atoms with E-state index in [0.29, 0.717) is 0 Å². The molecule has 104 valence electrons. The Morgan fingerprint density at radius 3 is 3.05 bits per heavy atom. The first-order valence-electron chi connectivity index (χ1n) is 6.27. The first kappa shape index (κ1) is 13.5. The summed E-state index contributed by atoms with van der Waals surface area (Å²) in [7, 11) is 0. The van der Waals surface area contributed by atoms with Gasteiger partial charge in [-0.15, -0.1) is 0 Å². The van der Waals surface area contributed by atoms with Crippen molar-refractivity contribution in [1.29, 1.82) is 0 Å². The van der Waals surface area contributed by atoms with Crippen molar-refractivity contribution in [2.45, 2.75) is 38.5 Å². The van der Waals surface area contributed by atoms with Gasteiger partial charge in [0.2, 0.25) is 5.91 Å². The van der Waals surface area contributed by atoms with Gasteiger partial charge >= 0.3 is 5.69 Å². The first-order chi connectivity index (χ1) is 9.06. The number of hydrogen-bond donors (Lipinski definition) is 2. The summed E-state index contributed by atoms with van der Waals surface area (Å²) in [6.45, 7) is 2.49. The number of aromatic amines is 1. The van der Waals surface area contributed by atoms with E-state index in [1.54, 1.807) is 0 Å². The lowest BCUT2D eigenvalue weighted by molar-refractivity contribution is -0.123. The Balaban J connectivity index is 1.93. The Bertz CT molecular complexity index is 557. The van der Waals surface area contributed by atoms with Gasteiger partial charge in [0, 0.05) is 18.9 Å². The van der Waals surface area contributed by atoms with Crippen LogP contribution < -0.4 is 16.6 Å². The van der Waals surface area contributed by atoms with Crippen molar-refractivity contribution in [3.05, 3.63) is 33.1 Å². The molecule has 1 amide bonds. The van der Waals surface area contributed by atoms with Gasteiger partial charge in [0.15, 0.2) is 0 Å². The molecule has 1 fully saturated rings. The van der Waals surface area contributed by atoms with Gasteiger partial charge in [-0.1, -0.05) is 0 Å². The van der Waals surface area contributed by atoms with Crippen LogP contribution in [-0.4, -0.2) is 34.2 Å². The Morgan fingerprint density at radius 2 is 2.42 bits per heavy atom. The molecule has 0 radical (unpaired) electrons. The molecule has 0 spiro atoms. The highest BCUT2D eigenvalue weighted by Gasteiger charge is 2.23. The molecule has 1 aliphatic heterocycles. The van der Waals surface area contributed by atoms with Crippen molar-refractivity contribution >= 4 is 5.91 Å². The maximum atomic E-state index is 11.8. The van der Waals surface area contributed by atoms with E-state index in [9.17, 15) is 14.4 Å². The second kappa shape index (κ2) is 5.83. The van der Waals surface area contributed by atoms with Crippen LogP contribution in [0.4, 0.5) is 0 Å². The highest BCUT2D eigenvalue weighted by molar-refractivity contribution is 5.76. The minimum Gasteiger partial charge on any atom is -0.376 e. The lowest BCUT2D eigenvalue weighted by atomic mass is 10.1. The molecular formula is C12H17N3O4. The highest BCUT2D eigenvalue weighted by atomic mass is 16.5. The SMILES string of the molecule is C[C@@H](NC(=O)Cn1ccc(=O)[nH]c1=O)[C@@H]1CCCO1. The minimum absolute atomic E-state index is 0.0382. The van der Waals surface area contributed by atoms with Crippen molar-refractivity contribution in [3.63, 3.8) is 0 Å². The molecule has 1 saturated heterocycles. The number of rotatable bonds is 4. The Labute approximate surface area is 109 Å². The number of H-pyrrole nitrogens is 1. The zero-order valence-electron chi connectivity index (χ0n) is 10.7. The number of carbonyl (C=O) groups is 1. The van der Waals surface area contributed by atoms with E-state index in [-0.39, 0.29) is 24.6 Å². The first-order valence-corrected chi connectivity index (χ1v) is 6.27. The summed E-state index contributed by atoms with van der Waals surface area (Å²) in [4.78, 5) is 36.2. The largest absolute Gasteiger partial charge is 0.376 e. The van der Waals surface area contributed by atoms with Gasteiger partial charge in [0.05, 0.1) is 12.1 Å². The number of carbonyl (C=O) groups excluding carboxylic acids is 1. The molecule has 2 heterocycles. The van der Waals surface area contributed by atoms with Crippen LogP contribution in [-0.2, 0) is 16.1 Å². The standard InChI is InChI=1S/C12H17N3O4/c1-8(9-3-2-6-19-9)13-11(17)7-15-5-4-10(16)14-12(15)18/h4-5,8-9H,2-3,6-7H2,1H3,(H,13,17)(H,14,16,18)/t8-,9+/m1/s1. The summed E-state index contributed by atoms with van der Waals surface area (Å²) in [6.07, 6.45) is 3.28. The molecule has 0 aliphatic carbocycles. The van der Waals surface area contributed by atoms with Gasteiger partial charge in [-0.2, -0.15) is 0 Å². The van der Waals surface area contributed by atoms with E-state index in [0.717, 1.165) is 24.0 Å². The van der Waals surface area contributed by atoms with E-state index in [1.165, 1.54) is 12.3 Å². The fraction of sp³-hybridized carbons (Fsp3) is 0.583. The van der Waals surface area contributed by atoms with E-state index in [2.05, 4.69) is 10.3 Å². The average molecular weight is 267 g/mol. The molecule has 0 unspecified atom stereocenters. The molecule has 2 rings (SSSR count). The summed E-state index contributed by atoms with van der Waals surface area (Å²) in [5.74, 6) is -0.280. The summed E-state index contributed by atoms with van der Waals surface area (Å²) in [6, 6.07) is 1.12. The second-order valence-corrected chi connectivity index (χ2v) is 4.65. The molecule has 0 bridgehead atoms. The number of ether oxygens (including phenoxy) is 1. The monoisotopic (exact) mass is 267 g/mol. The quantitative estimate of drug-likeness (QED) is 0.748. The zero-order chi connectivity index (χ0) is 13.8. The van der Waals surface area contributed by atoms with Crippen LogP contribution in [0.2, 0.25) is 0 Å². The second-order valence-electron chi connectivity index (χ2n) is 4.65. The molecule has 19 heavy (non-hydrogen) atoms. The smallest absolute Gasteiger partial charge is 0.328 e. The topological polar surface area (TPSA) is 93.2 Å². The summed E-state index contributed by atoms with van der Waals surface area (Å²) in [5, 5.41) is 2.80. The predicted molar refractivity (Wildman–Crippen MR) is 67.9 cm³/mol. The molecule has 2 N–H and O–H groups in total. The molecule has 2 atom stereocenters. The van der Waals surface area contributed by atoms with Crippen molar-refractivity contribution in [3.8, 4) is 0 Å². The zero-order valence-corrected chi connectivity index (χ0v) is 10.7. The number of amides is 1. The number of nitrogens with zero attached hydrogens (tertiary/aromatic N) is 1. The molecule has 1 aromatic rings. The number of aromatic nitrogens is 2. The van der Waals surface area contributed by atoms with Crippen molar-refractivity contribution in [2.24, 2.45) is 0 Å². The normalized spacial score (nSPS) is 20.2. The molecule has 0 saturated carbocycles. The highest BCUT2D eigenvalue weighted by Crippen LogP contribution is 2.15. The van der Waals surface area contributed by atoms with Crippen LogP contribution in [0.15, 0.2) is 21.9 Å². The van der Waals surface area contributed by atoms with E-state index < -0.39 is 11.2 Å². The van der Waals surface area contributed by atoms with Crippen LogP contribution in [0.1, 0.15) is 19.8 Å². The molecule has 1 aliphatic rings. The van der Waals surface area contributed by atoms with E-state index in [4.69, 9.17) is 4.74 Å². The van der Waals surface area contributed by atoms with Crippen LogP contribution in [0, 0.1) is 0 Å². The fourth-order valence-electron chi connectivity index (χ4n) is 2.11. The third-order valence-corrected chi connectivity index (χ3v) is 3.12. The molecule has 0 aromatic carbocycles. The predicted octanol–water partition coefficient (Wildman–Crippen LogP) is -0.780. The Hall–Kier alpha value is -1.89. The van der Waals surface area contributed by atoms with Gasteiger partial charge < -0.3 is 10.1 Å². The average Bonchev–Trinajstić information content (AvgIpc) is 2.86. The Kier molecular flexibility index (Phi) is 4.16. The lowest BCUT2D eigenvalue weighted by Gasteiger charge is -2.20. The minimum atomic E-state index is -0.590. The number of nitrogens with one attached hydrogen (secondary N) is 2. The van der Waals surface area contributed by atoms with E-state index >= 15 is 0 Å². The van der Waals surface area contributed by atoms with Crippen LogP contribution in [0.3, 0.4) is 0 Å². The molecule has 7 heteroatoms. The lowest BCUT2D eigenvalue weighted by Crippen LogP contribution is -2.43. The molecular weight excluding hydrogens is 250 g/mol. The molecule has 7 nitrogen and oxygen atoms in total. The summed E-state index contributed by atoms with van der Waals surface area (Å²) >= 11 is 0. The fourth-order valence-corrected chi connectivity index (χ4v) is 2.11. The summed E-state index contributed by atoms with van der Waals surface area (Å²) < 4.78 is 6.63. The maximum absolute atomic E-state index is 11.8. The van der Waals surface area contributed by atoms with E-state index in [1.807, 2.05) is 6.92 Å². The van der Waals surface area contributed by atoms with Gasteiger partial charge in [-0.05, 0) is 19.8 Å². The van der Waals surface area contributed by atoms with Crippen LogP contribution >= 0.6 is 0 Å². The molecule has 1 aromatic heterocycles. The van der Waals surface area contributed by atoms with Gasteiger partial charge in [0.25, 0.3) is 5.56 Å². The number of hydrogen-bond acceptors (Lipinski definition) is 4. The maximum Gasteiger partial charge on any atom is 0.328 e. The third-order valence-electron chi connectivity index (χ3n) is 3.12. The van der Waals surface area contributed by atoms with Crippen molar-refractivity contribution in [2.75, 3.05) is 6.61 Å². The van der Waals surface area contributed by atoms with Gasteiger partial charge in [-0.25, -0.2) is 4.79 Å². The van der Waals surface area contributed by atoms with Gasteiger partial charge in [-0.3, -0.25) is 19.1 Å². The van der Waals surface area contributed by atoms with Crippen LogP contribution in [0.25, 0.3) is 0 Å². The van der Waals surface area contributed by atoms with Gasteiger partial charge in [0.1, 0.15) is 6.54 Å². The third kappa shape index (κ3) is 3.54. The van der Waals surface area contributed by atoms with Crippen molar-refractivity contribution in [1.82, 2.24) is 14.9 Å².